The molecule has 3 aromatic carbocycles. The molecule has 0 spiro atoms. The second-order valence-electron chi connectivity index (χ2n) is 5.97. The first-order chi connectivity index (χ1) is 12.6. The molecule has 0 amide bonds. The third-order valence-electron chi connectivity index (χ3n) is 4.31. The Kier molecular flexibility index (Phi) is 3.89. The van der Waals surface area contributed by atoms with Gasteiger partial charge in [0.25, 0.3) is 0 Å². The second kappa shape index (κ2) is 6.37. The summed E-state index contributed by atoms with van der Waals surface area (Å²) in [7, 11) is 0. The molecule has 0 saturated carbocycles. The fourth-order valence-corrected chi connectivity index (χ4v) is 2.93. The van der Waals surface area contributed by atoms with Gasteiger partial charge in [-0.2, -0.15) is 5.10 Å². The van der Waals surface area contributed by atoms with Crippen molar-refractivity contribution in [3.63, 3.8) is 0 Å². The number of phenolic OH excluding ortho intramolecular Hbond substituents is 1. The maximum Gasteiger partial charge on any atom is 0.147 e. The van der Waals surface area contributed by atoms with E-state index in [1.165, 1.54) is 6.07 Å². The van der Waals surface area contributed by atoms with Crippen LogP contribution in [0.2, 0.25) is 0 Å². The van der Waals surface area contributed by atoms with E-state index in [2.05, 4.69) is 22.3 Å². The minimum absolute atomic E-state index is 0.0986. The molecule has 4 nitrogen and oxygen atoms in total. The van der Waals surface area contributed by atoms with Gasteiger partial charge in [-0.15, -0.1) is 0 Å². The Morgan fingerprint density at radius 1 is 0.846 bits per heavy atom. The number of nitrogens with two attached hydrogens (primary N) is 1. The Balaban J connectivity index is 1.68. The molecule has 5 heteroatoms. The summed E-state index contributed by atoms with van der Waals surface area (Å²) < 4.78 is 13.7. The van der Waals surface area contributed by atoms with Crippen molar-refractivity contribution in [2.24, 2.45) is 0 Å². The van der Waals surface area contributed by atoms with E-state index >= 15 is 0 Å². The van der Waals surface area contributed by atoms with Gasteiger partial charge >= 0.3 is 0 Å². The van der Waals surface area contributed by atoms with Crippen LogP contribution in [0.4, 0.5) is 10.1 Å². The zero-order valence-corrected chi connectivity index (χ0v) is 13.8. The molecule has 1 heterocycles. The maximum atomic E-state index is 13.7. The lowest BCUT2D eigenvalue weighted by molar-refractivity contribution is 0.475. The Morgan fingerprint density at radius 3 is 2.23 bits per heavy atom. The van der Waals surface area contributed by atoms with Gasteiger partial charge < -0.3 is 10.8 Å². The number of nitrogens with one attached hydrogen (secondary N) is 1. The normalized spacial score (nSPS) is 10.8. The number of benzene rings is 3. The molecule has 0 radical (unpaired) electrons. The van der Waals surface area contributed by atoms with Gasteiger partial charge in [0, 0.05) is 5.56 Å². The van der Waals surface area contributed by atoms with Crippen LogP contribution in [0.5, 0.6) is 5.75 Å². The summed E-state index contributed by atoms with van der Waals surface area (Å²) in [5.74, 6) is -0.681. The van der Waals surface area contributed by atoms with Gasteiger partial charge in [0.2, 0.25) is 0 Å². The molecule has 4 aromatic rings. The maximum absolute atomic E-state index is 13.7. The molecular formula is C21H16FN3O. The summed E-state index contributed by atoms with van der Waals surface area (Å²) in [5.41, 5.74) is 10.2. The summed E-state index contributed by atoms with van der Waals surface area (Å²) in [6.45, 7) is 0. The number of H-pyrrole nitrogens is 1. The molecule has 0 aliphatic rings. The van der Waals surface area contributed by atoms with Gasteiger partial charge in [0.1, 0.15) is 11.6 Å². The van der Waals surface area contributed by atoms with Crippen LogP contribution in [0.15, 0.2) is 72.8 Å². The largest absolute Gasteiger partial charge is 0.507 e. The van der Waals surface area contributed by atoms with Crippen LogP contribution in [0.3, 0.4) is 0 Å². The van der Waals surface area contributed by atoms with Crippen molar-refractivity contribution in [3.05, 3.63) is 78.6 Å². The van der Waals surface area contributed by atoms with Crippen molar-refractivity contribution in [2.45, 2.75) is 0 Å². The van der Waals surface area contributed by atoms with Crippen molar-refractivity contribution in [1.82, 2.24) is 10.2 Å². The lowest BCUT2D eigenvalue weighted by Gasteiger charge is -2.06. The van der Waals surface area contributed by atoms with E-state index in [1.54, 1.807) is 6.07 Å². The molecule has 128 valence electrons. The van der Waals surface area contributed by atoms with Gasteiger partial charge in [-0.05, 0) is 29.3 Å². The Hall–Kier alpha value is -3.60. The summed E-state index contributed by atoms with van der Waals surface area (Å²) >= 11 is 0. The molecule has 0 aliphatic carbocycles. The molecule has 0 fully saturated rings. The van der Waals surface area contributed by atoms with Crippen molar-refractivity contribution in [1.29, 1.82) is 0 Å². The average Bonchev–Trinajstić information content (AvgIpc) is 3.16. The van der Waals surface area contributed by atoms with Gasteiger partial charge in [-0.1, -0.05) is 54.6 Å². The third-order valence-corrected chi connectivity index (χ3v) is 4.31. The molecule has 4 N–H and O–H groups in total. The number of nitrogen functional groups attached to an aromatic ring is 1. The van der Waals surface area contributed by atoms with Crippen LogP contribution in [-0.4, -0.2) is 15.3 Å². The fourth-order valence-electron chi connectivity index (χ4n) is 2.93. The quantitative estimate of drug-likeness (QED) is 0.465. The molecule has 0 saturated heterocycles. The van der Waals surface area contributed by atoms with Gasteiger partial charge in [-0.25, -0.2) is 4.39 Å². The highest BCUT2D eigenvalue weighted by molar-refractivity contribution is 5.82. The molecule has 0 bridgehead atoms. The molecule has 0 aliphatic heterocycles. The monoisotopic (exact) mass is 345 g/mol. The van der Waals surface area contributed by atoms with E-state index in [0.29, 0.717) is 11.4 Å². The number of anilines is 1. The van der Waals surface area contributed by atoms with Crippen LogP contribution < -0.4 is 5.73 Å². The van der Waals surface area contributed by atoms with Crippen LogP contribution in [0.1, 0.15) is 0 Å². The highest BCUT2D eigenvalue weighted by Gasteiger charge is 2.15. The molecule has 1 aromatic heterocycles. The van der Waals surface area contributed by atoms with Crippen LogP contribution in [0, 0.1) is 5.82 Å². The van der Waals surface area contributed by atoms with E-state index < -0.39 is 5.82 Å². The highest BCUT2D eigenvalue weighted by atomic mass is 19.1. The standard InChI is InChI=1S/C21H16FN3O/c22-16-10-11-19(26)20(21(16)23)18-12-17(24-25-18)15-8-6-14(7-9-15)13-4-2-1-3-5-13/h1-12,26H,23H2,(H,24,25). The Morgan fingerprint density at radius 2 is 1.50 bits per heavy atom. The average molecular weight is 345 g/mol. The van der Waals surface area contributed by atoms with Crippen LogP contribution >= 0.6 is 0 Å². The number of halogens is 1. The molecule has 26 heavy (non-hydrogen) atoms. The number of aromatic nitrogens is 2. The van der Waals surface area contributed by atoms with E-state index in [1.807, 2.05) is 42.5 Å². The topological polar surface area (TPSA) is 74.9 Å². The number of phenols is 1. The fraction of sp³-hybridized carbons (Fsp3) is 0. The number of hydrogen-bond acceptors (Lipinski definition) is 3. The van der Waals surface area contributed by atoms with Crippen molar-refractivity contribution in [2.75, 3.05) is 5.73 Å². The number of rotatable bonds is 3. The lowest BCUT2D eigenvalue weighted by Crippen LogP contribution is -1.95. The molecule has 0 unspecified atom stereocenters. The zero-order valence-electron chi connectivity index (χ0n) is 13.8. The zero-order chi connectivity index (χ0) is 18.1. The highest BCUT2D eigenvalue weighted by Crippen LogP contribution is 2.36. The van der Waals surface area contributed by atoms with Gasteiger partial charge in [0.05, 0.1) is 22.6 Å². The molecular weight excluding hydrogens is 329 g/mol. The van der Waals surface area contributed by atoms with Crippen LogP contribution in [0.25, 0.3) is 33.6 Å². The van der Waals surface area contributed by atoms with E-state index in [9.17, 15) is 9.50 Å². The molecule has 0 atom stereocenters. The minimum Gasteiger partial charge on any atom is -0.507 e. The summed E-state index contributed by atoms with van der Waals surface area (Å²) in [6.07, 6.45) is 0. The van der Waals surface area contributed by atoms with E-state index in [4.69, 9.17) is 5.73 Å². The number of nitrogens with zero attached hydrogens (tertiary/aromatic N) is 1. The SMILES string of the molecule is Nc1c(F)ccc(O)c1-c1cc(-c2ccc(-c3ccccc3)cc2)n[nH]1. The van der Waals surface area contributed by atoms with Crippen LogP contribution in [-0.2, 0) is 0 Å². The Labute approximate surface area is 149 Å². The van der Waals surface area contributed by atoms with Crippen molar-refractivity contribution in [3.8, 4) is 39.4 Å². The first-order valence-corrected chi connectivity index (χ1v) is 8.12. The second-order valence-corrected chi connectivity index (χ2v) is 5.97. The summed E-state index contributed by atoms with van der Waals surface area (Å²) in [5, 5.41) is 17.1. The number of hydrogen-bond donors (Lipinski definition) is 3. The number of aromatic hydroxyl groups is 1. The van der Waals surface area contributed by atoms with Crippen molar-refractivity contribution >= 4 is 5.69 Å². The smallest absolute Gasteiger partial charge is 0.147 e. The van der Waals surface area contributed by atoms with Gasteiger partial charge in [-0.3, -0.25) is 5.10 Å². The minimum atomic E-state index is -0.582. The summed E-state index contributed by atoms with van der Waals surface area (Å²) in [4.78, 5) is 0. The van der Waals surface area contributed by atoms with Crippen molar-refractivity contribution < 1.29 is 9.50 Å². The lowest BCUT2D eigenvalue weighted by atomic mass is 10.0. The number of aromatic amines is 1. The molecule has 4 rings (SSSR count). The van der Waals surface area contributed by atoms with E-state index in [-0.39, 0.29) is 17.0 Å². The Bertz CT molecular complexity index is 1060. The third kappa shape index (κ3) is 2.80. The van der Waals surface area contributed by atoms with E-state index in [0.717, 1.165) is 22.8 Å². The van der Waals surface area contributed by atoms with Gasteiger partial charge in [0.15, 0.2) is 0 Å². The summed E-state index contributed by atoms with van der Waals surface area (Å²) in [6, 6.07) is 22.2. The first kappa shape index (κ1) is 15.9. The first-order valence-electron chi connectivity index (χ1n) is 8.12. The predicted octanol–water partition coefficient (Wildman–Crippen LogP) is 4.84. The predicted molar refractivity (Wildman–Crippen MR) is 101 cm³/mol.